The van der Waals surface area contributed by atoms with Crippen molar-refractivity contribution in [2.45, 2.75) is 46.0 Å². The Morgan fingerprint density at radius 2 is 1.55 bits per heavy atom. The maximum atomic E-state index is 12.4. The fourth-order valence-electron chi connectivity index (χ4n) is 2.56. The molecule has 0 saturated heterocycles. The largest absolute Gasteiger partial charge is 0.492 e. The maximum Gasteiger partial charge on any atom is 0.343 e. The van der Waals surface area contributed by atoms with Crippen LogP contribution in [0.25, 0.3) is 0 Å². The number of carbonyl (C=O) groups is 2. The topological polar surface area (TPSA) is 61.8 Å². The predicted molar refractivity (Wildman–Crippen MR) is 116 cm³/mol. The van der Waals surface area contributed by atoms with Gasteiger partial charge in [-0.25, -0.2) is 9.59 Å². The van der Waals surface area contributed by atoms with E-state index in [-0.39, 0.29) is 5.97 Å². The molecule has 0 aromatic heterocycles. The van der Waals surface area contributed by atoms with E-state index < -0.39 is 5.97 Å². The van der Waals surface area contributed by atoms with Gasteiger partial charge in [-0.2, -0.15) is 0 Å². The third-order valence-corrected chi connectivity index (χ3v) is 4.78. The lowest BCUT2D eigenvalue weighted by molar-refractivity contribution is 0.0505. The van der Waals surface area contributed by atoms with E-state index in [9.17, 15) is 9.59 Å². The van der Waals surface area contributed by atoms with Gasteiger partial charge in [0, 0.05) is 0 Å². The number of halogens is 1. The summed E-state index contributed by atoms with van der Waals surface area (Å²) in [5, 5.41) is 0. The van der Waals surface area contributed by atoms with Gasteiger partial charge in [-0.3, -0.25) is 0 Å². The quantitative estimate of drug-likeness (QED) is 0.226. The van der Waals surface area contributed by atoms with E-state index in [4.69, 9.17) is 14.2 Å². The van der Waals surface area contributed by atoms with Crippen LogP contribution in [-0.4, -0.2) is 25.2 Å². The molecular formula is C23H27BrO5. The van der Waals surface area contributed by atoms with Crippen LogP contribution in [0.1, 0.15) is 66.7 Å². The van der Waals surface area contributed by atoms with Crippen molar-refractivity contribution in [3.63, 3.8) is 0 Å². The first-order valence-electron chi connectivity index (χ1n) is 9.96. The zero-order valence-corrected chi connectivity index (χ0v) is 18.5. The molecule has 29 heavy (non-hydrogen) atoms. The number of benzene rings is 2. The van der Waals surface area contributed by atoms with Crippen molar-refractivity contribution in [3.05, 3.63) is 58.1 Å². The molecule has 0 aliphatic carbocycles. The lowest BCUT2D eigenvalue weighted by atomic mass is 10.2. The Kier molecular flexibility index (Phi) is 9.71. The van der Waals surface area contributed by atoms with Gasteiger partial charge in [-0.1, -0.05) is 33.1 Å². The molecule has 2 aromatic carbocycles. The van der Waals surface area contributed by atoms with Gasteiger partial charge in [0.25, 0.3) is 0 Å². The van der Waals surface area contributed by atoms with E-state index >= 15 is 0 Å². The van der Waals surface area contributed by atoms with E-state index in [0.29, 0.717) is 40.3 Å². The number of unbranched alkanes of at least 4 members (excludes halogenated alkanes) is 3. The molecule has 0 amide bonds. The Morgan fingerprint density at radius 1 is 0.828 bits per heavy atom. The van der Waals surface area contributed by atoms with E-state index in [1.165, 1.54) is 12.8 Å². The minimum Gasteiger partial charge on any atom is -0.492 e. The first-order chi connectivity index (χ1) is 14.0. The number of hydrogen-bond donors (Lipinski definition) is 0. The van der Waals surface area contributed by atoms with Crippen LogP contribution < -0.4 is 9.47 Å². The van der Waals surface area contributed by atoms with Crippen LogP contribution in [0.4, 0.5) is 0 Å². The molecule has 2 rings (SSSR count). The van der Waals surface area contributed by atoms with Crippen LogP contribution in [0, 0.1) is 0 Å². The summed E-state index contributed by atoms with van der Waals surface area (Å²) in [4.78, 5) is 24.2. The Labute approximate surface area is 180 Å². The number of carbonyl (C=O) groups excluding carboxylic acids is 2. The Hall–Kier alpha value is -2.34. The molecule has 0 heterocycles. The molecule has 0 aliphatic rings. The Balaban J connectivity index is 1.91. The van der Waals surface area contributed by atoms with Crippen molar-refractivity contribution in [3.8, 4) is 11.5 Å². The number of hydrogen-bond acceptors (Lipinski definition) is 5. The van der Waals surface area contributed by atoms with Crippen molar-refractivity contribution in [1.82, 2.24) is 0 Å². The van der Waals surface area contributed by atoms with Gasteiger partial charge in [0.1, 0.15) is 11.5 Å². The fraction of sp³-hybridized carbons (Fsp3) is 0.391. The normalized spacial score (nSPS) is 10.4. The lowest BCUT2D eigenvalue weighted by Crippen LogP contribution is -2.09. The molecule has 0 unspecified atom stereocenters. The van der Waals surface area contributed by atoms with E-state index in [1.807, 2.05) is 6.92 Å². The summed E-state index contributed by atoms with van der Waals surface area (Å²) in [5.74, 6) is 0.183. The van der Waals surface area contributed by atoms with Crippen LogP contribution in [0.15, 0.2) is 46.9 Å². The molecule has 2 aromatic rings. The molecule has 6 heteroatoms. The van der Waals surface area contributed by atoms with E-state index in [0.717, 1.165) is 19.3 Å². The second-order valence-corrected chi connectivity index (χ2v) is 7.46. The molecule has 0 radical (unpaired) electrons. The molecule has 156 valence electrons. The molecule has 0 aliphatic heterocycles. The molecular weight excluding hydrogens is 436 g/mol. The summed E-state index contributed by atoms with van der Waals surface area (Å²) in [6.07, 6.45) is 5.31. The Bertz CT molecular complexity index is 801. The van der Waals surface area contributed by atoms with Gasteiger partial charge in [-0.05, 0) is 71.2 Å². The van der Waals surface area contributed by atoms with Crippen LogP contribution >= 0.6 is 15.9 Å². The minimum absolute atomic E-state index is 0.356. The Morgan fingerprint density at radius 3 is 2.21 bits per heavy atom. The summed E-state index contributed by atoms with van der Waals surface area (Å²) >= 11 is 3.45. The van der Waals surface area contributed by atoms with Crippen molar-refractivity contribution in [2.75, 3.05) is 13.2 Å². The minimum atomic E-state index is -0.485. The summed E-state index contributed by atoms with van der Waals surface area (Å²) in [5.41, 5.74) is 0.822. The zero-order chi connectivity index (χ0) is 21.1. The second-order valence-electron chi connectivity index (χ2n) is 6.60. The highest BCUT2D eigenvalue weighted by molar-refractivity contribution is 9.10. The highest BCUT2D eigenvalue weighted by Crippen LogP contribution is 2.27. The average molecular weight is 463 g/mol. The summed E-state index contributed by atoms with van der Waals surface area (Å²) in [6, 6.07) is 11.4. The number of esters is 2. The average Bonchev–Trinajstić information content (AvgIpc) is 2.73. The highest BCUT2D eigenvalue weighted by atomic mass is 79.9. The van der Waals surface area contributed by atoms with Gasteiger partial charge in [-0.15, -0.1) is 0 Å². The van der Waals surface area contributed by atoms with Crippen LogP contribution in [0.2, 0.25) is 0 Å². The smallest absolute Gasteiger partial charge is 0.343 e. The summed E-state index contributed by atoms with van der Waals surface area (Å²) in [7, 11) is 0. The van der Waals surface area contributed by atoms with Crippen molar-refractivity contribution in [1.29, 1.82) is 0 Å². The van der Waals surface area contributed by atoms with Crippen LogP contribution in [-0.2, 0) is 4.74 Å². The maximum absolute atomic E-state index is 12.4. The van der Waals surface area contributed by atoms with Gasteiger partial charge in [0.2, 0.25) is 0 Å². The number of rotatable bonds is 11. The molecule has 0 fully saturated rings. The molecule has 0 bridgehead atoms. The highest BCUT2D eigenvalue weighted by Gasteiger charge is 2.13. The zero-order valence-electron chi connectivity index (χ0n) is 16.9. The monoisotopic (exact) mass is 462 g/mol. The van der Waals surface area contributed by atoms with E-state index in [1.54, 1.807) is 42.5 Å². The van der Waals surface area contributed by atoms with E-state index in [2.05, 4.69) is 22.9 Å². The summed E-state index contributed by atoms with van der Waals surface area (Å²) < 4.78 is 16.9. The SMILES string of the molecule is CCCCCCOc1ccc(C(=O)Oc2ccc(C(=O)OCCC)cc2)cc1Br. The second kappa shape index (κ2) is 12.3. The third kappa shape index (κ3) is 7.54. The molecule has 0 saturated carbocycles. The predicted octanol–water partition coefficient (Wildman–Crippen LogP) is 6.19. The first kappa shape index (κ1) is 22.9. The third-order valence-electron chi connectivity index (χ3n) is 4.16. The molecule has 5 nitrogen and oxygen atoms in total. The van der Waals surface area contributed by atoms with Gasteiger partial charge < -0.3 is 14.2 Å². The fourth-order valence-corrected chi connectivity index (χ4v) is 3.05. The standard InChI is InChI=1S/C23H27BrO5/c1-3-5-6-7-15-27-21-13-10-18(16-20(21)24)23(26)29-19-11-8-17(9-12-19)22(25)28-14-4-2/h8-13,16H,3-7,14-15H2,1-2H3. The molecule has 0 N–H and O–H groups in total. The van der Waals surface area contributed by atoms with Crippen molar-refractivity contribution in [2.24, 2.45) is 0 Å². The van der Waals surface area contributed by atoms with Gasteiger partial charge >= 0.3 is 11.9 Å². The van der Waals surface area contributed by atoms with Crippen LogP contribution in [0.5, 0.6) is 11.5 Å². The van der Waals surface area contributed by atoms with Crippen LogP contribution in [0.3, 0.4) is 0 Å². The number of ether oxygens (including phenoxy) is 3. The van der Waals surface area contributed by atoms with Crippen molar-refractivity contribution < 1.29 is 23.8 Å². The molecule has 0 spiro atoms. The van der Waals surface area contributed by atoms with Gasteiger partial charge in [0.15, 0.2) is 0 Å². The lowest BCUT2D eigenvalue weighted by Gasteiger charge is -2.10. The summed E-state index contributed by atoms with van der Waals surface area (Å²) in [6.45, 7) is 5.13. The first-order valence-corrected chi connectivity index (χ1v) is 10.8. The molecule has 0 atom stereocenters. The van der Waals surface area contributed by atoms with Crippen molar-refractivity contribution >= 4 is 27.9 Å². The van der Waals surface area contributed by atoms with Gasteiger partial charge in [0.05, 0.1) is 28.8 Å².